The van der Waals surface area contributed by atoms with Crippen LogP contribution in [0.25, 0.3) is 0 Å². The molecule has 1 heterocycles. The van der Waals surface area contributed by atoms with E-state index in [-0.39, 0.29) is 0 Å². The molecular formula is C13H18N2O2. The molecule has 1 saturated heterocycles. The van der Waals surface area contributed by atoms with Gasteiger partial charge in [0.2, 0.25) is 11.6 Å². The Kier molecular flexibility index (Phi) is 3.31. The van der Waals surface area contributed by atoms with Gasteiger partial charge in [-0.1, -0.05) is 0 Å². The van der Waals surface area contributed by atoms with E-state index in [1.54, 1.807) is 0 Å². The highest BCUT2D eigenvalue weighted by atomic mass is 16.2. The van der Waals surface area contributed by atoms with Crippen molar-refractivity contribution in [1.29, 1.82) is 0 Å². The first-order valence-corrected chi connectivity index (χ1v) is 6.19. The summed E-state index contributed by atoms with van der Waals surface area (Å²) in [5, 5.41) is 0. The van der Waals surface area contributed by atoms with Crippen LogP contribution in [0.2, 0.25) is 0 Å². The topological polar surface area (TPSA) is 40.6 Å². The molecule has 0 saturated carbocycles. The van der Waals surface area contributed by atoms with Gasteiger partial charge in [-0.3, -0.25) is 9.59 Å². The second-order valence-electron chi connectivity index (χ2n) is 4.30. The molecular weight excluding hydrogens is 216 g/mol. The Morgan fingerprint density at radius 1 is 0.941 bits per heavy atom. The quantitative estimate of drug-likeness (QED) is 0.527. The van der Waals surface area contributed by atoms with Crippen molar-refractivity contribution in [2.75, 3.05) is 26.2 Å². The van der Waals surface area contributed by atoms with E-state index in [4.69, 9.17) is 0 Å². The SMILES string of the molecule is CCN1CCCN(CC)C2=CC(=O)C(=O)C=C21. The number of allylic oxidation sites excluding steroid dienone is 2. The molecule has 4 nitrogen and oxygen atoms in total. The monoisotopic (exact) mass is 234 g/mol. The van der Waals surface area contributed by atoms with Crippen LogP contribution in [-0.4, -0.2) is 47.5 Å². The van der Waals surface area contributed by atoms with Gasteiger partial charge in [0.05, 0.1) is 11.4 Å². The minimum atomic E-state index is -0.403. The maximum absolute atomic E-state index is 11.5. The molecule has 0 aromatic rings. The Bertz CT molecular complexity index is 372. The van der Waals surface area contributed by atoms with E-state index in [1.807, 2.05) is 0 Å². The number of carbonyl (C=O) groups excluding carboxylic acids is 2. The van der Waals surface area contributed by atoms with Crippen molar-refractivity contribution in [3.63, 3.8) is 0 Å². The minimum absolute atomic E-state index is 0.403. The van der Waals surface area contributed by atoms with E-state index in [0.717, 1.165) is 44.0 Å². The van der Waals surface area contributed by atoms with Crippen molar-refractivity contribution in [2.24, 2.45) is 0 Å². The smallest absolute Gasteiger partial charge is 0.227 e. The molecule has 0 radical (unpaired) electrons. The highest BCUT2D eigenvalue weighted by molar-refractivity contribution is 6.46. The molecule has 0 amide bonds. The molecule has 1 fully saturated rings. The Morgan fingerprint density at radius 3 is 1.71 bits per heavy atom. The van der Waals surface area contributed by atoms with Crippen molar-refractivity contribution in [1.82, 2.24) is 9.80 Å². The van der Waals surface area contributed by atoms with Crippen LogP contribution >= 0.6 is 0 Å². The first-order valence-electron chi connectivity index (χ1n) is 6.19. The zero-order chi connectivity index (χ0) is 12.4. The van der Waals surface area contributed by atoms with Crippen LogP contribution in [0, 0.1) is 0 Å². The molecule has 0 bridgehead atoms. The van der Waals surface area contributed by atoms with Crippen LogP contribution in [0.1, 0.15) is 20.3 Å². The summed E-state index contributed by atoms with van der Waals surface area (Å²) in [6.07, 6.45) is 4.04. The third-order valence-corrected chi connectivity index (χ3v) is 3.34. The zero-order valence-electron chi connectivity index (χ0n) is 10.4. The minimum Gasteiger partial charge on any atom is -0.370 e. The molecule has 2 rings (SSSR count). The van der Waals surface area contributed by atoms with Gasteiger partial charge in [-0.15, -0.1) is 0 Å². The predicted molar refractivity (Wildman–Crippen MR) is 65.3 cm³/mol. The zero-order valence-corrected chi connectivity index (χ0v) is 10.4. The molecule has 1 aliphatic heterocycles. The second-order valence-corrected chi connectivity index (χ2v) is 4.30. The average Bonchev–Trinajstić information content (AvgIpc) is 2.49. The number of carbonyl (C=O) groups is 2. The molecule has 0 aromatic carbocycles. The number of nitrogens with zero attached hydrogens (tertiary/aromatic N) is 2. The third-order valence-electron chi connectivity index (χ3n) is 3.34. The molecule has 17 heavy (non-hydrogen) atoms. The Morgan fingerprint density at radius 2 is 1.35 bits per heavy atom. The maximum atomic E-state index is 11.5. The Labute approximate surface area is 102 Å². The molecule has 92 valence electrons. The van der Waals surface area contributed by atoms with E-state index >= 15 is 0 Å². The van der Waals surface area contributed by atoms with Crippen molar-refractivity contribution < 1.29 is 9.59 Å². The number of likely N-dealkylation sites (N-methyl/N-ethyl adjacent to an activating group) is 2. The number of rotatable bonds is 2. The summed E-state index contributed by atoms with van der Waals surface area (Å²) in [5.74, 6) is -0.805. The predicted octanol–water partition coefficient (Wildman–Crippen LogP) is 0.954. The van der Waals surface area contributed by atoms with Gasteiger partial charge in [0.1, 0.15) is 0 Å². The first-order chi connectivity index (χ1) is 8.17. The van der Waals surface area contributed by atoms with Crippen molar-refractivity contribution >= 4 is 11.6 Å². The fourth-order valence-electron chi connectivity index (χ4n) is 2.40. The largest absolute Gasteiger partial charge is 0.370 e. The van der Waals surface area contributed by atoms with Gasteiger partial charge in [-0.05, 0) is 20.3 Å². The average molecular weight is 234 g/mol. The lowest BCUT2D eigenvalue weighted by molar-refractivity contribution is -0.131. The number of ketones is 2. The molecule has 2 aliphatic rings. The standard InChI is InChI=1S/C13H18N2O2/c1-3-14-6-5-7-15(4-2)11-9-13(17)12(16)8-10(11)14/h8-9H,3-7H2,1-2H3. The van der Waals surface area contributed by atoms with Crippen molar-refractivity contribution in [3.05, 3.63) is 23.5 Å². The van der Waals surface area contributed by atoms with E-state index in [0.29, 0.717) is 0 Å². The van der Waals surface area contributed by atoms with Crippen LogP contribution in [0.4, 0.5) is 0 Å². The molecule has 1 aliphatic carbocycles. The maximum Gasteiger partial charge on any atom is 0.227 e. The van der Waals surface area contributed by atoms with Crippen molar-refractivity contribution in [2.45, 2.75) is 20.3 Å². The highest BCUT2D eigenvalue weighted by Crippen LogP contribution is 2.26. The molecule has 0 aromatic heterocycles. The van der Waals surface area contributed by atoms with Gasteiger partial charge in [-0.25, -0.2) is 0 Å². The highest BCUT2D eigenvalue weighted by Gasteiger charge is 2.28. The van der Waals surface area contributed by atoms with Gasteiger partial charge >= 0.3 is 0 Å². The van der Waals surface area contributed by atoms with E-state index in [2.05, 4.69) is 23.6 Å². The van der Waals surface area contributed by atoms with Gasteiger partial charge in [0, 0.05) is 38.3 Å². The van der Waals surface area contributed by atoms with Gasteiger partial charge in [0.15, 0.2) is 0 Å². The van der Waals surface area contributed by atoms with Gasteiger partial charge in [-0.2, -0.15) is 0 Å². The molecule has 0 unspecified atom stereocenters. The summed E-state index contributed by atoms with van der Waals surface area (Å²) in [4.78, 5) is 27.3. The summed E-state index contributed by atoms with van der Waals surface area (Å²) in [6, 6.07) is 0. The van der Waals surface area contributed by atoms with E-state index in [1.165, 1.54) is 12.2 Å². The van der Waals surface area contributed by atoms with Crippen LogP contribution in [0.3, 0.4) is 0 Å². The van der Waals surface area contributed by atoms with Gasteiger partial charge in [0.25, 0.3) is 0 Å². The lowest BCUT2D eigenvalue weighted by Gasteiger charge is -2.30. The van der Waals surface area contributed by atoms with Crippen LogP contribution in [0.5, 0.6) is 0 Å². The lowest BCUT2D eigenvalue weighted by atomic mass is 10.0. The molecule has 0 spiro atoms. The van der Waals surface area contributed by atoms with Crippen LogP contribution in [0.15, 0.2) is 23.5 Å². The van der Waals surface area contributed by atoms with Crippen molar-refractivity contribution in [3.8, 4) is 0 Å². The molecule has 0 atom stereocenters. The van der Waals surface area contributed by atoms with Crippen LogP contribution < -0.4 is 0 Å². The summed E-state index contributed by atoms with van der Waals surface area (Å²) in [5.41, 5.74) is 1.83. The molecule has 0 N–H and O–H groups in total. The summed E-state index contributed by atoms with van der Waals surface area (Å²) in [7, 11) is 0. The Hall–Kier alpha value is -1.58. The summed E-state index contributed by atoms with van der Waals surface area (Å²) < 4.78 is 0. The fourth-order valence-corrected chi connectivity index (χ4v) is 2.40. The second kappa shape index (κ2) is 4.73. The van der Waals surface area contributed by atoms with Crippen LogP contribution in [-0.2, 0) is 9.59 Å². The summed E-state index contributed by atoms with van der Waals surface area (Å²) in [6.45, 7) is 7.75. The Balaban J connectivity index is 2.42. The normalized spacial score (nSPS) is 20.8. The number of hydrogen-bond donors (Lipinski definition) is 0. The summed E-state index contributed by atoms with van der Waals surface area (Å²) >= 11 is 0. The number of fused-ring (bicyclic) bond motifs is 1. The third kappa shape index (κ3) is 2.12. The lowest BCUT2D eigenvalue weighted by Crippen LogP contribution is -2.32. The van der Waals surface area contributed by atoms with Gasteiger partial charge < -0.3 is 9.80 Å². The van der Waals surface area contributed by atoms with E-state index < -0.39 is 11.6 Å². The fraction of sp³-hybridized carbons (Fsp3) is 0.538. The van der Waals surface area contributed by atoms with E-state index in [9.17, 15) is 9.59 Å². The first kappa shape index (κ1) is 11.9. The number of hydrogen-bond acceptors (Lipinski definition) is 4. The molecule has 4 heteroatoms.